The first-order valence-electron chi connectivity index (χ1n) is 6.00. The highest BCUT2D eigenvalue weighted by Gasteiger charge is 2.25. The predicted molar refractivity (Wildman–Crippen MR) is 62.8 cm³/mol. The first kappa shape index (κ1) is 12.2. The summed E-state index contributed by atoms with van der Waals surface area (Å²) >= 11 is 0. The molecule has 0 bridgehead atoms. The zero-order chi connectivity index (χ0) is 12.3. The lowest BCUT2D eigenvalue weighted by atomic mass is 9.99. The van der Waals surface area contributed by atoms with Crippen molar-refractivity contribution in [2.24, 2.45) is 5.73 Å². The van der Waals surface area contributed by atoms with Crippen LogP contribution in [0.5, 0.6) is 0 Å². The number of halogens is 2. The normalized spacial score (nSPS) is 20.6. The summed E-state index contributed by atoms with van der Waals surface area (Å²) in [5.41, 5.74) is 5.56. The van der Waals surface area contributed by atoms with E-state index in [1.165, 1.54) is 0 Å². The second kappa shape index (κ2) is 5.40. The van der Waals surface area contributed by atoms with E-state index in [0.29, 0.717) is 6.54 Å². The van der Waals surface area contributed by atoms with Gasteiger partial charge in [0.1, 0.15) is 5.82 Å². The van der Waals surface area contributed by atoms with Crippen LogP contribution >= 0.6 is 0 Å². The van der Waals surface area contributed by atoms with Crippen molar-refractivity contribution in [1.29, 1.82) is 0 Å². The molecule has 2 N–H and O–H groups in total. The number of nitrogens with two attached hydrogens (primary N) is 1. The third-order valence-electron chi connectivity index (χ3n) is 3.19. The Kier molecular flexibility index (Phi) is 3.89. The monoisotopic (exact) mass is 241 g/mol. The van der Waals surface area contributed by atoms with Crippen molar-refractivity contribution in [3.8, 4) is 0 Å². The van der Waals surface area contributed by atoms with Gasteiger partial charge >= 0.3 is 0 Å². The Bertz CT molecular complexity index is 382. The van der Waals surface area contributed by atoms with Gasteiger partial charge in [0.25, 0.3) is 0 Å². The molecule has 1 aliphatic heterocycles. The van der Waals surface area contributed by atoms with Crippen LogP contribution in [0.2, 0.25) is 0 Å². The Balaban J connectivity index is 2.23. The molecule has 2 rings (SSSR count). The fourth-order valence-corrected chi connectivity index (χ4v) is 2.39. The molecule has 1 saturated heterocycles. The molecule has 0 spiro atoms. The maximum atomic E-state index is 13.7. The number of hydrogen-bond donors (Lipinski definition) is 1. The van der Waals surface area contributed by atoms with E-state index in [1.807, 2.05) is 4.90 Å². The Morgan fingerprint density at radius 3 is 2.94 bits per heavy atom. The highest BCUT2D eigenvalue weighted by molar-refractivity contribution is 5.41. The molecular weight excluding hydrogens is 224 g/mol. The standard InChI is InChI=1S/C12H17F2N3/c13-9-7-11(14)12(16-8-9)17-6-2-1-3-10(17)4-5-15/h7-8,10H,1-6,15H2. The second-order valence-corrected chi connectivity index (χ2v) is 4.38. The average molecular weight is 241 g/mol. The summed E-state index contributed by atoms with van der Waals surface area (Å²) in [4.78, 5) is 5.79. The van der Waals surface area contributed by atoms with Crippen LogP contribution in [-0.2, 0) is 0 Å². The second-order valence-electron chi connectivity index (χ2n) is 4.38. The van der Waals surface area contributed by atoms with Crippen molar-refractivity contribution < 1.29 is 8.78 Å². The van der Waals surface area contributed by atoms with Crippen LogP contribution in [0, 0.1) is 11.6 Å². The summed E-state index contributed by atoms with van der Waals surface area (Å²) in [5.74, 6) is -0.975. The van der Waals surface area contributed by atoms with E-state index < -0.39 is 11.6 Å². The zero-order valence-electron chi connectivity index (χ0n) is 9.70. The van der Waals surface area contributed by atoms with Crippen LogP contribution in [0.3, 0.4) is 0 Å². The van der Waals surface area contributed by atoms with Gasteiger partial charge in [-0.25, -0.2) is 13.8 Å². The van der Waals surface area contributed by atoms with Gasteiger partial charge in [0, 0.05) is 18.7 Å². The fraction of sp³-hybridized carbons (Fsp3) is 0.583. The van der Waals surface area contributed by atoms with E-state index in [9.17, 15) is 8.78 Å². The van der Waals surface area contributed by atoms with E-state index in [1.54, 1.807) is 0 Å². The molecular formula is C12H17F2N3. The third-order valence-corrected chi connectivity index (χ3v) is 3.19. The van der Waals surface area contributed by atoms with E-state index in [-0.39, 0.29) is 11.9 Å². The van der Waals surface area contributed by atoms with Crippen molar-refractivity contribution >= 4 is 5.82 Å². The maximum absolute atomic E-state index is 13.7. The fourth-order valence-electron chi connectivity index (χ4n) is 2.39. The van der Waals surface area contributed by atoms with Gasteiger partial charge < -0.3 is 10.6 Å². The number of hydrogen-bond acceptors (Lipinski definition) is 3. The summed E-state index contributed by atoms with van der Waals surface area (Å²) in [7, 11) is 0. The van der Waals surface area contributed by atoms with E-state index in [4.69, 9.17) is 5.73 Å². The molecule has 2 heterocycles. The Labute approximate surface area is 99.6 Å². The number of aromatic nitrogens is 1. The number of anilines is 1. The van der Waals surface area contributed by atoms with Gasteiger partial charge in [-0.2, -0.15) is 0 Å². The quantitative estimate of drug-likeness (QED) is 0.880. The predicted octanol–water partition coefficient (Wildman–Crippen LogP) is 2.07. The molecule has 0 aliphatic carbocycles. The Hall–Kier alpha value is -1.23. The van der Waals surface area contributed by atoms with Gasteiger partial charge in [-0.1, -0.05) is 0 Å². The number of rotatable bonds is 3. The van der Waals surface area contributed by atoms with Crippen LogP contribution in [-0.4, -0.2) is 24.1 Å². The molecule has 1 fully saturated rings. The van der Waals surface area contributed by atoms with Crippen molar-refractivity contribution in [2.75, 3.05) is 18.0 Å². The van der Waals surface area contributed by atoms with Gasteiger partial charge in [-0.15, -0.1) is 0 Å². The summed E-state index contributed by atoms with van der Waals surface area (Å²) in [6, 6.07) is 1.11. The first-order valence-corrected chi connectivity index (χ1v) is 6.00. The molecule has 0 aromatic carbocycles. The highest BCUT2D eigenvalue weighted by atomic mass is 19.1. The molecule has 1 atom stereocenters. The highest BCUT2D eigenvalue weighted by Crippen LogP contribution is 2.26. The van der Waals surface area contributed by atoms with Crippen molar-refractivity contribution in [2.45, 2.75) is 31.7 Å². The molecule has 1 aromatic heterocycles. The molecule has 5 heteroatoms. The summed E-state index contributed by atoms with van der Waals surface area (Å²) < 4.78 is 26.5. The van der Waals surface area contributed by atoms with Gasteiger partial charge in [-0.3, -0.25) is 0 Å². The Morgan fingerprint density at radius 2 is 2.24 bits per heavy atom. The topological polar surface area (TPSA) is 42.1 Å². The number of pyridine rings is 1. The summed E-state index contributed by atoms with van der Waals surface area (Å²) in [5, 5.41) is 0. The van der Waals surface area contributed by atoms with E-state index >= 15 is 0 Å². The van der Waals surface area contributed by atoms with Crippen LogP contribution in [0.4, 0.5) is 14.6 Å². The minimum atomic E-state index is -0.640. The van der Waals surface area contributed by atoms with Gasteiger partial charge in [0.15, 0.2) is 11.6 Å². The van der Waals surface area contributed by atoms with Crippen LogP contribution in [0.25, 0.3) is 0 Å². The lowest BCUT2D eigenvalue weighted by Gasteiger charge is -2.36. The minimum Gasteiger partial charge on any atom is -0.351 e. The minimum absolute atomic E-state index is 0.223. The van der Waals surface area contributed by atoms with Crippen LogP contribution in [0.1, 0.15) is 25.7 Å². The molecule has 0 radical (unpaired) electrons. The lowest BCUT2D eigenvalue weighted by molar-refractivity contribution is 0.430. The molecule has 94 valence electrons. The lowest BCUT2D eigenvalue weighted by Crippen LogP contribution is -2.41. The first-order chi connectivity index (χ1) is 8.22. The summed E-state index contributed by atoms with van der Waals surface area (Å²) in [6.07, 6.45) is 5.02. The number of piperidine rings is 1. The molecule has 0 amide bonds. The third kappa shape index (κ3) is 2.72. The molecule has 1 unspecified atom stereocenters. The average Bonchev–Trinajstić information content (AvgIpc) is 2.31. The van der Waals surface area contributed by atoms with Crippen LogP contribution in [0.15, 0.2) is 12.3 Å². The molecule has 17 heavy (non-hydrogen) atoms. The smallest absolute Gasteiger partial charge is 0.168 e. The van der Waals surface area contributed by atoms with Gasteiger partial charge in [0.05, 0.1) is 6.20 Å². The van der Waals surface area contributed by atoms with Crippen LogP contribution < -0.4 is 10.6 Å². The molecule has 3 nitrogen and oxygen atoms in total. The van der Waals surface area contributed by atoms with Crippen molar-refractivity contribution in [3.05, 3.63) is 23.9 Å². The largest absolute Gasteiger partial charge is 0.351 e. The zero-order valence-corrected chi connectivity index (χ0v) is 9.70. The van der Waals surface area contributed by atoms with Crippen molar-refractivity contribution in [1.82, 2.24) is 4.98 Å². The SMILES string of the molecule is NCCC1CCCCN1c1ncc(F)cc1F. The van der Waals surface area contributed by atoms with E-state index in [0.717, 1.165) is 44.5 Å². The molecule has 0 saturated carbocycles. The van der Waals surface area contributed by atoms with E-state index in [2.05, 4.69) is 4.98 Å². The maximum Gasteiger partial charge on any atom is 0.168 e. The summed E-state index contributed by atoms with van der Waals surface area (Å²) in [6.45, 7) is 1.34. The van der Waals surface area contributed by atoms with Gasteiger partial charge in [0.2, 0.25) is 0 Å². The molecule has 1 aromatic rings. The Morgan fingerprint density at radius 1 is 1.41 bits per heavy atom. The van der Waals surface area contributed by atoms with Crippen molar-refractivity contribution in [3.63, 3.8) is 0 Å². The molecule has 1 aliphatic rings. The van der Waals surface area contributed by atoms with Gasteiger partial charge in [-0.05, 0) is 32.2 Å². The number of nitrogens with zero attached hydrogens (tertiary/aromatic N) is 2.